The third-order valence-electron chi connectivity index (χ3n) is 3.48. The van der Waals surface area contributed by atoms with Crippen LogP contribution in [0.15, 0.2) is 30.3 Å². The molecule has 0 aromatic heterocycles. The van der Waals surface area contributed by atoms with Crippen molar-refractivity contribution in [2.24, 2.45) is 0 Å². The Morgan fingerprint density at radius 3 is 2.22 bits per heavy atom. The van der Waals surface area contributed by atoms with Gasteiger partial charge in [-0.25, -0.2) is 9.59 Å². The zero-order valence-corrected chi connectivity index (χ0v) is 16.7. The smallest absolute Gasteiger partial charge is 0.407 e. The molecule has 7 nitrogen and oxygen atoms in total. The maximum atomic E-state index is 11.6. The van der Waals surface area contributed by atoms with Crippen LogP contribution in [0.2, 0.25) is 0 Å². The molecular formula is C20H33N3O4. The highest BCUT2D eigenvalue weighted by atomic mass is 16.6. The molecule has 1 aromatic rings. The van der Waals surface area contributed by atoms with E-state index in [0.717, 1.165) is 31.4 Å². The van der Waals surface area contributed by atoms with E-state index in [-0.39, 0.29) is 12.7 Å². The molecule has 0 aliphatic heterocycles. The lowest BCUT2D eigenvalue weighted by molar-refractivity contribution is 0.0528. The third-order valence-corrected chi connectivity index (χ3v) is 3.48. The van der Waals surface area contributed by atoms with Gasteiger partial charge in [-0.2, -0.15) is 0 Å². The highest BCUT2D eigenvalue weighted by Gasteiger charge is 2.15. The van der Waals surface area contributed by atoms with Crippen molar-refractivity contribution in [1.82, 2.24) is 16.0 Å². The molecule has 0 saturated carbocycles. The van der Waals surface area contributed by atoms with E-state index < -0.39 is 11.7 Å². The average Bonchev–Trinajstić information content (AvgIpc) is 2.61. The molecule has 152 valence electrons. The summed E-state index contributed by atoms with van der Waals surface area (Å²) in [5, 5.41) is 8.71. The van der Waals surface area contributed by atoms with E-state index in [2.05, 4.69) is 16.0 Å². The Morgan fingerprint density at radius 2 is 1.52 bits per heavy atom. The summed E-state index contributed by atoms with van der Waals surface area (Å²) < 4.78 is 10.3. The largest absolute Gasteiger partial charge is 0.445 e. The van der Waals surface area contributed by atoms with E-state index in [0.29, 0.717) is 19.6 Å². The number of rotatable bonds is 11. The minimum atomic E-state index is -0.473. The Balaban J connectivity index is 1.87. The second-order valence-electron chi connectivity index (χ2n) is 7.23. The zero-order valence-electron chi connectivity index (χ0n) is 16.7. The average molecular weight is 380 g/mol. The molecule has 7 heteroatoms. The lowest BCUT2D eigenvalue weighted by atomic mass is 10.2. The topological polar surface area (TPSA) is 88.7 Å². The Morgan fingerprint density at radius 1 is 0.852 bits per heavy atom. The lowest BCUT2D eigenvalue weighted by Gasteiger charge is -2.19. The van der Waals surface area contributed by atoms with E-state index in [1.54, 1.807) is 0 Å². The summed E-state index contributed by atoms with van der Waals surface area (Å²) in [5.74, 6) is 0. The molecule has 0 saturated heterocycles. The number of carbonyl (C=O) groups excluding carboxylic acids is 2. The molecule has 27 heavy (non-hydrogen) atoms. The van der Waals surface area contributed by atoms with Crippen LogP contribution in [0.3, 0.4) is 0 Å². The molecule has 0 radical (unpaired) electrons. The fourth-order valence-corrected chi connectivity index (χ4v) is 2.21. The Labute approximate surface area is 162 Å². The summed E-state index contributed by atoms with van der Waals surface area (Å²) in [4.78, 5) is 23.0. The van der Waals surface area contributed by atoms with Crippen LogP contribution in [0.1, 0.15) is 45.6 Å². The van der Waals surface area contributed by atoms with Gasteiger partial charge >= 0.3 is 12.2 Å². The maximum absolute atomic E-state index is 11.6. The first kappa shape index (κ1) is 22.8. The molecule has 3 N–H and O–H groups in total. The number of unbranched alkanes of at least 4 members (excludes halogenated alkanes) is 2. The highest BCUT2D eigenvalue weighted by Crippen LogP contribution is 2.06. The minimum absolute atomic E-state index is 0.286. The van der Waals surface area contributed by atoms with Crippen LogP contribution in [-0.4, -0.2) is 44.0 Å². The first-order chi connectivity index (χ1) is 12.9. The van der Waals surface area contributed by atoms with Gasteiger partial charge in [0, 0.05) is 19.6 Å². The predicted molar refractivity (Wildman–Crippen MR) is 106 cm³/mol. The fourth-order valence-electron chi connectivity index (χ4n) is 2.21. The van der Waals surface area contributed by atoms with Crippen LogP contribution < -0.4 is 16.0 Å². The lowest BCUT2D eigenvalue weighted by Crippen LogP contribution is -2.36. The van der Waals surface area contributed by atoms with Crippen molar-refractivity contribution in [3.63, 3.8) is 0 Å². The Bertz CT molecular complexity index is 544. The fraction of sp³-hybridized carbons (Fsp3) is 0.600. The van der Waals surface area contributed by atoms with Crippen molar-refractivity contribution < 1.29 is 19.1 Å². The molecule has 0 unspecified atom stereocenters. The van der Waals surface area contributed by atoms with E-state index in [1.807, 2.05) is 51.1 Å². The van der Waals surface area contributed by atoms with Gasteiger partial charge in [-0.05, 0) is 45.7 Å². The van der Waals surface area contributed by atoms with E-state index >= 15 is 0 Å². The first-order valence-corrected chi connectivity index (χ1v) is 9.49. The number of amides is 2. The molecule has 0 bridgehead atoms. The summed E-state index contributed by atoms with van der Waals surface area (Å²) in [6.45, 7) is 8.50. The number of nitrogens with one attached hydrogen (secondary N) is 3. The van der Waals surface area contributed by atoms with Gasteiger partial charge in [0.2, 0.25) is 0 Å². The molecular weight excluding hydrogens is 346 g/mol. The summed E-state index contributed by atoms with van der Waals surface area (Å²) >= 11 is 0. The molecule has 0 fully saturated rings. The maximum Gasteiger partial charge on any atom is 0.407 e. The molecule has 1 rings (SSSR count). The third kappa shape index (κ3) is 13.6. The second kappa shape index (κ2) is 13.0. The number of alkyl carbamates (subject to hydrolysis) is 2. The summed E-state index contributed by atoms with van der Waals surface area (Å²) in [6.07, 6.45) is 2.14. The summed E-state index contributed by atoms with van der Waals surface area (Å²) in [6, 6.07) is 9.60. The van der Waals surface area contributed by atoms with Crippen molar-refractivity contribution in [2.45, 2.75) is 52.2 Å². The van der Waals surface area contributed by atoms with E-state index in [4.69, 9.17) is 9.47 Å². The zero-order chi connectivity index (χ0) is 20.0. The van der Waals surface area contributed by atoms with Gasteiger partial charge in [0.1, 0.15) is 12.2 Å². The summed E-state index contributed by atoms with van der Waals surface area (Å²) in [7, 11) is 0. The molecule has 0 spiro atoms. The SMILES string of the molecule is CC(C)(C)OC(=O)NCCNCCCCCNC(=O)OCc1ccccc1. The van der Waals surface area contributed by atoms with Crippen LogP contribution in [0.25, 0.3) is 0 Å². The molecule has 1 aromatic carbocycles. The molecule has 2 amide bonds. The van der Waals surface area contributed by atoms with Crippen LogP contribution >= 0.6 is 0 Å². The van der Waals surface area contributed by atoms with E-state index in [9.17, 15) is 9.59 Å². The number of benzene rings is 1. The van der Waals surface area contributed by atoms with Gasteiger partial charge in [0.15, 0.2) is 0 Å². The van der Waals surface area contributed by atoms with Crippen molar-refractivity contribution in [1.29, 1.82) is 0 Å². The van der Waals surface area contributed by atoms with Gasteiger partial charge in [0.05, 0.1) is 0 Å². The van der Waals surface area contributed by atoms with Crippen molar-refractivity contribution in [2.75, 3.05) is 26.2 Å². The molecule has 0 aliphatic carbocycles. The van der Waals surface area contributed by atoms with Crippen molar-refractivity contribution >= 4 is 12.2 Å². The van der Waals surface area contributed by atoms with Crippen molar-refractivity contribution in [3.8, 4) is 0 Å². The summed E-state index contributed by atoms with van der Waals surface area (Å²) in [5.41, 5.74) is 0.499. The van der Waals surface area contributed by atoms with Crippen LogP contribution in [0, 0.1) is 0 Å². The highest BCUT2D eigenvalue weighted by molar-refractivity contribution is 5.67. The van der Waals surface area contributed by atoms with Crippen LogP contribution in [0.4, 0.5) is 9.59 Å². The van der Waals surface area contributed by atoms with Crippen LogP contribution in [0.5, 0.6) is 0 Å². The van der Waals surface area contributed by atoms with Gasteiger partial charge in [-0.3, -0.25) is 0 Å². The molecule has 0 aliphatic rings. The second-order valence-corrected chi connectivity index (χ2v) is 7.23. The number of carbonyl (C=O) groups is 2. The van der Waals surface area contributed by atoms with Crippen molar-refractivity contribution in [3.05, 3.63) is 35.9 Å². The number of hydrogen-bond donors (Lipinski definition) is 3. The minimum Gasteiger partial charge on any atom is -0.445 e. The monoisotopic (exact) mass is 379 g/mol. The van der Waals surface area contributed by atoms with Gasteiger partial charge in [0.25, 0.3) is 0 Å². The number of ether oxygens (including phenoxy) is 2. The van der Waals surface area contributed by atoms with Gasteiger partial charge in [-0.1, -0.05) is 36.8 Å². The molecule has 0 atom stereocenters. The normalized spacial score (nSPS) is 10.9. The predicted octanol–water partition coefficient (Wildman–Crippen LogP) is 3.20. The van der Waals surface area contributed by atoms with Gasteiger partial charge < -0.3 is 25.4 Å². The Kier molecular flexibility index (Phi) is 10.9. The quantitative estimate of drug-likeness (QED) is 0.514. The number of hydrogen-bond acceptors (Lipinski definition) is 5. The standard InChI is InChI=1S/C20H33N3O4/c1-20(2,3)27-19(25)23-15-14-21-12-8-5-9-13-22-18(24)26-16-17-10-6-4-7-11-17/h4,6-7,10-11,21H,5,8-9,12-16H2,1-3H3,(H,22,24)(H,23,25). The Hall–Kier alpha value is -2.28. The molecule has 0 heterocycles. The van der Waals surface area contributed by atoms with Crippen LogP contribution in [-0.2, 0) is 16.1 Å². The van der Waals surface area contributed by atoms with E-state index in [1.165, 1.54) is 0 Å². The first-order valence-electron chi connectivity index (χ1n) is 9.49. The van der Waals surface area contributed by atoms with Gasteiger partial charge in [-0.15, -0.1) is 0 Å².